The molecule has 1 aromatic rings. The molecule has 0 radical (unpaired) electrons. The average Bonchev–Trinajstić information content (AvgIpc) is 3.15. The first-order valence-corrected chi connectivity index (χ1v) is 9.30. The highest BCUT2D eigenvalue weighted by atomic mass is 19.4. The van der Waals surface area contributed by atoms with E-state index in [-0.39, 0.29) is 5.69 Å². The van der Waals surface area contributed by atoms with Gasteiger partial charge in [-0.1, -0.05) is 25.0 Å². The lowest BCUT2D eigenvalue weighted by Gasteiger charge is -2.39. The van der Waals surface area contributed by atoms with Crippen LogP contribution in [-0.2, 0) is 6.18 Å². The zero-order chi connectivity index (χ0) is 18.7. The molecule has 7 heteroatoms. The minimum absolute atomic E-state index is 0.185. The number of halogens is 3. The van der Waals surface area contributed by atoms with Crippen LogP contribution in [0.2, 0.25) is 0 Å². The Bertz CT molecular complexity index is 621. The van der Waals surface area contributed by atoms with E-state index in [2.05, 4.69) is 17.3 Å². The minimum Gasteiger partial charge on any atom is -0.324 e. The van der Waals surface area contributed by atoms with Crippen molar-refractivity contribution in [1.29, 1.82) is 0 Å². The van der Waals surface area contributed by atoms with Gasteiger partial charge in [0.15, 0.2) is 0 Å². The fourth-order valence-electron chi connectivity index (χ4n) is 4.12. The monoisotopic (exact) mass is 369 g/mol. The number of carbonyl (C=O) groups excluding carboxylic acids is 1. The molecule has 2 amide bonds. The Morgan fingerprint density at radius 1 is 1.08 bits per heavy atom. The van der Waals surface area contributed by atoms with E-state index in [0.717, 1.165) is 18.9 Å². The second kappa shape index (κ2) is 7.86. The lowest BCUT2D eigenvalue weighted by molar-refractivity contribution is -0.136. The molecule has 0 spiro atoms. The largest absolute Gasteiger partial charge is 0.418 e. The van der Waals surface area contributed by atoms with Crippen molar-refractivity contribution in [3.05, 3.63) is 29.8 Å². The number of nitrogens with one attached hydrogen (secondary N) is 1. The predicted molar refractivity (Wildman–Crippen MR) is 95.1 cm³/mol. The van der Waals surface area contributed by atoms with E-state index >= 15 is 0 Å². The van der Waals surface area contributed by atoms with Crippen molar-refractivity contribution in [3.8, 4) is 0 Å². The van der Waals surface area contributed by atoms with Gasteiger partial charge in [-0.25, -0.2) is 4.79 Å². The molecule has 1 N–H and O–H groups in total. The number of likely N-dealkylation sites (tertiary alicyclic amines) is 1. The molecule has 1 saturated carbocycles. The minimum atomic E-state index is -4.49. The van der Waals surface area contributed by atoms with Gasteiger partial charge in [-0.2, -0.15) is 13.2 Å². The first-order chi connectivity index (χ1) is 12.4. The zero-order valence-corrected chi connectivity index (χ0v) is 15.1. The number of anilines is 1. The van der Waals surface area contributed by atoms with Gasteiger partial charge in [-0.05, 0) is 44.9 Å². The summed E-state index contributed by atoms with van der Waals surface area (Å²) in [6.45, 7) is 1.14. The van der Waals surface area contributed by atoms with Crippen LogP contribution >= 0.6 is 0 Å². The van der Waals surface area contributed by atoms with E-state index in [9.17, 15) is 18.0 Å². The van der Waals surface area contributed by atoms with Gasteiger partial charge in [0.2, 0.25) is 0 Å². The maximum Gasteiger partial charge on any atom is 0.418 e. The summed E-state index contributed by atoms with van der Waals surface area (Å²) in [6.07, 6.45) is 2.30. The van der Waals surface area contributed by atoms with Gasteiger partial charge in [0.1, 0.15) is 0 Å². The highest BCUT2D eigenvalue weighted by Gasteiger charge is 2.34. The SMILES string of the molecule is CN(C1CCCC1)C1CCN(C(=O)Nc2ccccc2C(F)(F)F)CC1. The second-order valence-electron chi connectivity index (χ2n) is 7.30. The summed E-state index contributed by atoms with van der Waals surface area (Å²) in [5, 5.41) is 2.44. The first-order valence-electron chi connectivity index (χ1n) is 9.30. The third kappa shape index (κ3) is 4.31. The number of carbonyl (C=O) groups is 1. The fraction of sp³-hybridized carbons (Fsp3) is 0.632. The van der Waals surface area contributed by atoms with Gasteiger partial charge in [0, 0.05) is 25.2 Å². The van der Waals surface area contributed by atoms with Crippen LogP contribution in [0.3, 0.4) is 0 Å². The summed E-state index contributed by atoms with van der Waals surface area (Å²) >= 11 is 0. The molecule has 1 aliphatic heterocycles. The molecule has 1 aliphatic carbocycles. The van der Waals surface area contributed by atoms with Crippen LogP contribution < -0.4 is 5.32 Å². The van der Waals surface area contributed by atoms with Crippen molar-refractivity contribution in [2.24, 2.45) is 0 Å². The van der Waals surface area contributed by atoms with Gasteiger partial charge >= 0.3 is 12.2 Å². The first kappa shape index (κ1) is 19.0. The number of benzene rings is 1. The summed E-state index contributed by atoms with van der Waals surface area (Å²) in [4.78, 5) is 16.5. The van der Waals surface area contributed by atoms with Crippen molar-refractivity contribution < 1.29 is 18.0 Å². The van der Waals surface area contributed by atoms with Crippen molar-refractivity contribution in [3.63, 3.8) is 0 Å². The van der Waals surface area contributed by atoms with Crippen LogP contribution in [0.25, 0.3) is 0 Å². The maximum atomic E-state index is 13.1. The van der Waals surface area contributed by atoms with Crippen molar-refractivity contribution >= 4 is 11.7 Å². The number of urea groups is 1. The number of hydrogen-bond acceptors (Lipinski definition) is 2. The van der Waals surface area contributed by atoms with Gasteiger partial charge in [-0.3, -0.25) is 0 Å². The summed E-state index contributed by atoms with van der Waals surface area (Å²) in [6, 6.07) is 5.73. The summed E-state index contributed by atoms with van der Waals surface area (Å²) in [5.41, 5.74) is -1.00. The summed E-state index contributed by atoms with van der Waals surface area (Å²) in [7, 11) is 2.16. The standard InChI is InChI=1S/C19H26F3N3O/c1-24(14-6-2-3-7-14)15-10-12-25(13-11-15)18(26)23-17-9-5-4-8-16(17)19(20,21)22/h4-5,8-9,14-15H,2-3,6-7,10-13H2,1H3,(H,23,26). The molecule has 3 rings (SSSR count). The third-order valence-electron chi connectivity index (χ3n) is 5.70. The molecule has 144 valence electrons. The van der Waals surface area contributed by atoms with Crippen LogP contribution in [0, 0.1) is 0 Å². The molecule has 0 aromatic heterocycles. The second-order valence-corrected chi connectivity index (χ2v) is 7.30. The van der Waals surface area contributed by atoms with Gasteiger partial charge < -0.3 is 15.1 Å². The van der Waals surface area contributed by atoms with Crippen molar-refractivity contribution in [1.82, 2.24) is 9.80 Å². The van der Waals surface area contributed by atoms with Gasteiger partial charge in [0.25, 0.3) is 0 Å². The summed E-state index contributed by atoms with van der Waals surface area (Å²) in [5.74, 6) is 0. The van der Waals surface area contributed by atoms with Gasteiger partial charge in [-0.15, -0.1) is 0 Å². The van der Waals surface area contributed by atoms with Crippen LogP contribution in [0.15, 0.2) is 24.3 Å². The molecule has 0 unspecified atom stereocenters. The van der Waals surface area contributed by atoms with Crippen LogP contribution in [0.4, 0.5) is 23.7 Å². The smallest absolute Gasteiger partial charge is 0.324 e. The predicted octanol–water partition coefficient (Wildman–Crippen LogP) is 4.58. The van der Waals surface area contributed by atoms with E-state index in [1.165, 1.54) is 43.9 Å². The number of hydrogen-bond donors (Lipinski definition) is 1. The van der Waals surface area contributed by atoms with Crippen LogP contribution in [0.1, 0.15) is 44.1 Å². The van der Waals surface area contributed by atoms with E-state index in [1.54, 1.807) is 4.90 Å². The molecule has 0 atom stereocenters. The molecule has 4 nitrogen and oxygen atoms in total. The molecule has 2 fully saturated rings. The molecule has 0 bridgehead atoms. The average molecular weight is 369 g/mol. The highest BCUT2D eigenvalue weighted by Crippen LogP contribution is 2.35. The molecular formula is C19H26F3N3O. The topological polar surface area (TPSA) is 35.6 Å². The lowest BCUT2D eigenvalue weighted by atomic mass is 10.0. The quantitative estimate of drug-likeness (QED) is 0.847. The number of para-hydroxylation sites is 1. The number of piperidine rings is 1. The lowest BCUT2D eigenvalue weighted by Crippen LogP contribution is -2.49. The molecule has 1 aromatic carbocycles. The van der Waals surface area contributed by atoms with E-state index in [4.69, 9.17) is 0 Å². The summed E-state index contributed by atoms with van der Waals surface area (Å²) < 4.78 is 39.2. The van der Waals surface area contributed by atoms with Crippen molar-refractivity contribution in [2.45, 2.75) is 56.8 Å². The van der Waals surface area contributed by atoms with Crippen LogP contribution in [-0.4, -0.2) is 48.1 Å². The Morgan fingerprint density at radius 2 is 1.65 bits per heavy atom. The number of alkyl halides is 3. The maximum absolute atomic E-state index is 13.1. The van der Waals surface area contributed by atoms with E-state index < -0.39 is 17.8 Å². The Morgan fingerprint density at radius 3 is 2.27 bits per heavy atom. The third-order valence-corrected chi connectivity index (χ3v) is 5.70. The Kier molecular flexibility index (Phi) is 5.75. The number of amides is 2. The Labute approximate surface area is 152 Å². The molecular weight excluding hydrogens is 343 g/mol. The van der Waals surface area contributed by atoms with Gasteiger partial charge in [0.05, 0.1) is 11.3 Å². The number of rotatable bonds is 3. The van der Waals surface area contributed by atoms with Crippen molar-refractivity contribution in [2.75, 3.05) is 25.5 Å². The van der Waals surface area contributed by atoms with Crippen LogP contribution in [0.5, 0.6) is 0 Å². The fourth-order valence-corrected chi connectivity index (χ4v) is 4.12. The molecule has 1 heterocycles. The Balaban J connectivity index is 1.56. The molecule has 2 aliphatic rings. The molecule has 26 heavy (non-hydrogen) atoms. The zero-order valence-electron chi connectivity index (χ0n) is 15.1. The van der Waals surface area contributed by atoms with E-state index in [1.807, 2.05) is 0 Å². The molecule has 1 saturated heterocycles. The number of nitrogens with zero attached hydrogens (tertiary/aromatic N) is 2. The highest BCUT2D eigenvalue weighted by molar-refractivity contribution is 5.90. The van der Waals surface area contributed by atoms with E-state index in [0.29, 0.717) is 25.2 Å². The Hall–Kier alpha value is -1.76. The normalized spacial score (nSPS) is 20.0.